The van der Waals surface area contributed by atoms with Gasteiger partial charge in [-0.25, -0.2) is 0 Å². The van der Waals surface area contributed by atoms with Gasteiger partial charge in [0.1, 0.15) is 0 Å². The molecule has 0 aliphatic carbocycles. The van der Waals surface area contributed by atoms with E-state index < -0.39 is 0 Å². The molecule has 0 aliphatic rings. The molecule has 0 aliphatic heterocycles. The summed E-state index contributed by atoms with van der Waals surface area (Å²) in [6.45, 7) is 8.33. The van der Waals surface area contributed by atoms with Crippen LogP contribution in [-0.4, -0.2) is 5.75 Å². The summed E-state index contributed by atoms with van der Waals surface area (Å²) in [6, 6.07) is 8.71. The lowest BCUT2D eigenvalue weighted by molar-refractivity contribution is 1.35. The molecule has 1 aromatic carbocycles. The van der Waals surface area contributed by atoms with E-state index in [1.807, 2.05) is 25.6 Å². The Bertz CT molecular complexity index is 218. The molecule has 0 radical (unpaired) electrons. The molecule has 0 saturated carbocycles. The monoisotopic (exact) mass is 196 g/mol. The van der Waals surface area contributed by atoms with Crippen LogP contribution in [0.25, 0.3) is 0 Å². The summed E-state index contributed by atoms with van der Waals surface area (Å²) >= 11 is 1.97. The lowest BCUT2D eigenvalue weighted by Gasteiger charge is -1.99. The number of hydrogen-bond acceptors (Lipinski definition) is 1. The molecular weight excluding hydrogens is 176 g/mol. The Morgan fingerprint density at radius 1 is 1.23 bits per heavy atom. The average molecular weight is 196 g/mol. The second-order valence-electron chi connectivity index (χ2n) is 2.63. The molecule has 0 nitrogen and oxygen atoms in total. The van der Waals surface area contributed by atoms with Crippen LogP contribution in [0.2, 0.25) is 0 Å². The van der Waals surface area contributed by atoms with Crippen molar-refractivity contribution in [2.45, 2.75) is 33.4 Å². The van der Waals surface area contributed by atoms with Crippen molar-refractivity contribution in [3.05, 3.63) is 35.4 Å². The molecule has 0 saturated heterocycles. The first-order valence-electron chi connectivity index (χ1n) is 4.96. The van der Waals surface area contributed by atoms with Crippen LogP contribution >= 0.6 is 11.8 Å². The van der Waals surface area contributed by atoms with Gasteiger partial charge in [0.2, 0.25) is 0 Å². The van der Waals surface area contributed by atoms with E-state index in [4.69, 9.17) is 0 Å². The maximum atomic E-state index is 2.25. The van der Waals surface area contributed by atoms with Crippen LogP contribution in [0.3, 0.4) is 0 Å². The van der Waals surface area contributed by atoms with Gasteiger partial charge in [-0.05, 0) is 18.2 Å². The summed E-state index contributed by atoms with van der Waals surface area (Å²) in [6.07, 6.45) is 0. The lowest BCUT2D eigenvalue weighted by Crippen LogP contribution is -1.81. The minimum absolute atomic E-state index is 1.15. The number of aryl methyl sites for hydroxylation is 1. The quantitative estimate of drug-likeness (QED) is 0.695. The van der Waals surface area contributed by atoms with Crippen LogP contribution < -0.4 is 0 Å². The van der Waals surface area contributed by atoms with Gasteiger partial charge in [0.15, 0.2) is 0 Å². The average Bonchev–Trinajstić information content (AvgIpc) is 2.18. The van der Waals surface area contributed by atoms with Crippen molar-refractivity contribution in [1.82, 2.24) is 0 Å². The zero-order chi connectivity index (χ0) is 10.1. The predicted octanol–water partition coefficient (Wildman–Crippen LogP) is 4.27. The largest absolute Gasteiger partial charge is 0.157 e. The summed E-state index contributed by atoms with van der Waals surface area (Å²) in [7, 11) is 0. The summed E-state index contributed by atoms with van der Waals surface area (Å²) in [5.74, 6) is 2.35. The Morgan fingerprint density at radius 3 is 2.46 bits per heavy atom. The molecule has 0 spiro atoms. The maximum Gasteiger partial charge on any atom is 0.0184 e. The minimum Gasteiger partial charge on any atom is -0.157 e. The normalized spacial score (nSPS) is 8.92. The van der Waals surface area contributed by atoms with E-state index in [0.717, 1.165) is 5.75 Å². The Labute approximate surface area is 86.7 Å². The summed E-state index contributed by atoms with van der Waals surface area (Å²) in [5, 5.41) is 0. The van der Waals surface area contributed by atoms with Gasteiger partial charge >= 0.3 is 0 Å². The van der Waals surface area contributed by atoms with E-state index >= 15 is 0 Å². The van der Waals surface area contributed by atoms with Gasteiger partial charge in [-0.2, -0.15) is 11.8 Å². The number of thioether (sulfide) groups is 1. The fourth-order valence-electron chi connectivity index (χ4n) is 1.02. The highest BCUT2D eigenvalue weighted by atomic mass is 32.2. The predicted molar refractivity (Wildman–Crippen MR) is 64.4 cm³/mol. The van der Waals surface area contributed by atoms with E-state index in [0.29, 0.717) is 0 Å². The molecular formula is C12H20S. The van der Waals surface area contributed by atoms with E-state index in [1.165, 1.54) is 16.9 Å². The molecule has 74 valence electrons. The Kier molecular flexibility index (Phi) is 7.91. The smallest absolute Gasteiger partial charge is 0.0184 e. The van der Waals surface area contributed by atoms with Crippen molar-refractivity contribution in [3.8, 4) is 0 Å². The van der Waals surface area contributed by atoms with Crippen molar-refractivity contribution in [1.29, 1.82) is 0 Å². The van der Waals surface area contributed by atoms with Gasteiger partial charge in [0.25, 0.3) is 0 Å². The number of rotatable bonds is 3. The highest BCUT2D eigenvalue weighted by Crippen LogP contribution is 2.12. The van der Waals surface area contributed by atoms with Crippen molar-refractivity contribution >= 4 is 11.8 Å². The zero-order valence-electron chi connectivity index (χ0n) is 9.13. The highest BCUT2D eigenvalue weighted by molar-refractivity contribution is 7.98. The summed E-state index contributed by atoms with van der Waals surface area (Å²) in [5.41, 5.74) is 2.80. The van der Waals surface area contributed by atoms with Gasteiger partial charge in [-0.1, -0.05) is 50.6 Å². The van der Waals surface area contributed by atoms with Gasteiger partial charge in [-0.3, -0.25) is 0 Å². The standard InChI is InChI=1S/C10H14S.C2H6/c1-3-11-8-10-6-4-5-9(2)7-10;1-2/h4-7H,3,8H2,1-2H3;1-2H3. The Balaban J connectivity index is 0.000000671. The van der Waals surface area contributed by atoms with Crippen LogP contribution in [0.15, 0.2) is 24.3 Å². The summed E-state index contributed by atoms with van der Waals surface area (Å²) in [4.78, 5) is 0. The van der Waals surface area contributed by atoms with Gasteiger partial charge < -0.3 is 0 Å². The first kappa shape index (κ1) is 12.6. The first-order chi connectivity index (χ1) is 6.33. The molecule has 0 fully saturated rings. The van der Waals surface area contributed by atoms with E-state index in [9.17, 15) is 0 Å². The molecule has 1 heteroatoms. The fraction of sp³-hybridized carbons (Fsp3) is 0.500. The zero-order valence-corrected chi connectivity index (χ0v) is 9.95. The molecule has 13 heavy (non-hydrogen) atoms. The van der Waals surface area contributed by atoms with Crippen LogP contribution in [0, 0.1) is 6.92 Å². The van der Waals surface area contributed by atoms with Crippen LogP contribution in [0.5, 0.6) is 0 Å². The Hall–Kier alpha value is -0.430. The lowest BCUT2D eigenvalue weighted by atomic mass is 10.2. The van der Waals surface area contributed by atoms with Crippen molar-refractivity contribution in [3.63, 3.8) is 0 Å². The molecule has 0 unspecified atom stereocenters. The molecule has 0 bridgehead atoms. The van der Waals surface area contributed by atoms with Crippen molar-refractivity contribution in [2.24, 2.45) is 0 Å². The molecule has 1 rings (SSSR count). The maximum absolute atomic E-state index is 2.25. The third kappa shape index (κ3) is 5.75. The number of hydrogen-bond donors (Lipinski definition) is 0. The molecule has 0 aromatic heterocycles. The van der Waals surface area contributed by atoms with E-state index in [2.05, 4.69) is 38.1 Å². The van der Waals surface area contributed by atoms with Gasteiger partial charge in [-0.15, -0.1) is 0 Å². The molecule has 0 atom stereocenters. The second kappa shape index (κ2) is 8.18. The molecule has 0 heterocycles. The fourth-order valence-corrected chi connectivity index (χ4v) is 1.64. The summed E-state index contributed by atoms with van der Waals surface area (Å²) < 4.78 is 0. The van der Waals surface area contributed by atoms with Crippen LogP contribution in [0.4, 0.5) is 0 Å². The van der Waals surface area contributed by atoms with Crippen LogP contribution in [0.1, 0.15) is 31.9 Å². The van der Waals surface area contributed by atoms with Gasteiger partial charge in [0.05, 0.1) is 0 Å². The van der Waals surface area contributed by atoms with E-state index in [1.54, 1.807) is 0 Å². The SMILES string of the molecule is CC.CCSCc1cccc(C)c1. The third-order valence-electron chi connectivity index (χ3n) is 1.56. The third-order valence-corrected chi connectivity index (χ3v) is 2.50. The minimum atomic E-state index is 1.15. The number of benzene rings is 1. The van der Waals surface area contributed by atoms with E-state index in [-0.39, 0.29) is 0 Å². The van der Waals surface area contributed by atoms with Crippen molar-refractivity contribution < 1.29 is 0 Å². The topological polar surface area (TPSA) is 0 Å². The van der Waals surface area contributed by atoms with Crippen LogP contribution in [-0.2, 0) is 5.75 Å². The molecule has 1 aromatic rings. The Morgan fingerprint density at radius 2 is 1.92 bits per heavy atom. The first-order valence-corrected chi connectivity index (χ1v) is 6.11. The van der Waals surface area contributed by atoms with Gasteiger partial charge in [0, 0.05) is 5.75 Å². The molecule has 0 amide bonds. The van der Waals surface area contributed by atoms with Crippen molar-refractivity contribution in [2.75, 3.05) is 5.75 Å². The molecule has 0 N–H and O–H groups in total. The highest BCUT2D eigenvalue weighted by Gasteiger charge is 1.91. The second-order valence-corrected chi connectivity index (χ2v) is 3.90.